The first-order valence-corrected chi connectivity index (χ1v) is 9.84. The zero-order chi connectivity index (χ0) is 18.2. The molecule has 25 heavy (non-hydrogen) atoms. The molecule has 0 N–H and O–H groups in total. The van der Waals surface area contributed by atoms with Gasteiger partial charge in [-0.1, -0.05) is 15.9 Å². The summed E-state index contributed by atoms with van der Waals surface area (Å²) in [5.41, 5.74) is 0.833. The van der Waals surface area contributed by atoms with E-state index in [9.17, 15) is 13.2 Å². The van der Waals surface area contributed by atoms with Crippen LogP contribution in [0, 0.1) is 0 Å². The Morgan fingerprint density at radius 2 is 2.24 bits per heavy atom. The number of carbonyl (C=O) groups excluding carboxylic acids is 1. The Morgan fingerprint density at radius 1 is 1.48 bits per heavy atom. The first-order chi connectivity index (χ1) is 11.8. The van der Waals surface area contributed by atoms with Gasteiger partial charge in [0.15, 0.2) is 5.69 Å². The SMILES string of the molecule is COC(=O)c1cn2c(n1)-c1cc(Br)ccc1OC(COS(C)(=O)=O)C2. The summed E-state index contributed by atoms with van der Waals surface area (Å²) in [5, 5.41) is 0. The number of benzene rings is 1. The van der Waals surface area contributed by atoms with Gasteiger partial charge in [-0.15, -0.1) is 0 Å². The molecule has 3 rings (SSSR count). The Balaban J connectivity index is 2.03. The molecular weight excluding hydrogens is 416 g/mol. The van der Waals surface area contributed by atoms with Crippen LogP contribution in [0.4, 0.5) is 0 Å². The van der Waals surface area contributed by atoms with E-state index in [1.807, 2.05) is 6.07 Å². The molecule has 0 spiro atoms. The number of hydrogen-bond donors (Lipinski definition) is 0. The smallest absolute Gasteiger partial charge is 0.358 e. The second-order valence-corrected chi connectivity index (χ2v) is 8.02. The number of methoxy groups -OCH3 is 1. The van der Waals surface area contributed by atoms with Crippen LogP contribution in [0.15, 0.2) is 28.9 Å². The standard InChI is InChI=1S/C15H15BrN2O6S/c1-22-15(19)12-7-18-6-10(8-23-25(2,20)21)24-13-4-3-9(16)5-11(13)14(18)17-12/h3-5,7,10H,6,8H2,1-2H3. The van der Waals surface area contributed by atoms with Gasteiger partial charge in [-0.3, -0.25) is 4.18 Å². The molecule has 8 nitrogen and oxygen atoms in total. The highest BCUT2D eigenvalue weighted by Crippen LogP contribution is 2.35. The molecular formula is C15H15BrN2O6S. The molecule has 0 saturated carbocycles. The van der Waals surface area contributed by atoms with Gasteiger partial charge in [-0.25, -0.2) is 9.78 Å². The largest absolute Gasteiger partial charge is 0.485 e. The Morgan fingerprint density at radius 3 is 2.92 bits per heavy atom. The van der Waals surface area contributed by atoms with E-state index in [1.165, 1.54) is 7.11 Å². The number of ether oxygens (including phenoxy) is 2. The predicted octanol–water partition coefficient (Wildman–Crippen LogP) is 1.84. The summed E-state index contributed by atoms with van der Waals surface area (Å²) in [6.07, 6.45) is 1.95. The summed E-state index contributed by atoms with van der Waals surface area (Å²) in [5.74, 6) is 0.492. The van der Waals surface area contributed by atoms with Crippen molar-refractivity contribution < 1.29 is 26.9 Å². The molecule has 0 radical (unpaired) electrons. The van der Waals surface area contributed by atoms with Gasteiger partial charge in [-0.2, -0.15) is 8.42 Å². The fourth-order valence-corrected chi connectivity index (χ4v) is 3.24. The normalized spacial score (nSPS) is 16.4. The molecule has 1 aliphatic heterocycles. The molecule has 0 amide bonds. The summed E-state index contributed by atoms with van der Waals surface area (Å²) in [6, 6.07) is 5.36. The molecule has 1 unspecified atom stereocenters. The Labute approximate surface area is 153 Å². The maximum absolute atomic E-state index is 11.8. The van der Waals surface area contributed by atoms with Crippen molar-refractivity contribution in [3.8, 4) is 17.1 Å². The topological polar surface area (TPSA) is 96.7 Å². The number of imidazole rings is 1. The number of esters is 1. The van der Waals surface area contributed by atoms with Crippen LogP contribution < -0.4 is 4.74 Å². The average molecular weight is 431 g/mol. The molecule has 2 heterocycles. The van der Waals surface area contributed by atoms with Crippen LogP contribution >= 0.6 is 15.9 Å². The number of nitrogens with zero attached hydrogens (tertiary/aromatic N) is 2. The first kappa shape index (κ1) is 17.9. The fourth-order valence-electron chi connectivity index (χ4n) is 2.48. The van der Waals surface area contributed by atoms with Crippen LogP contribution in [0.1, 0.15) is 10.5 Å². The molecule has 1 aromatic heterocycles. The van der Waals surface area contributed by atoms with Crippen molar-refractivity contribution in [2.75, 3.05) is 20.0 Å². The van der Waals surface area contributed by atoms with E-state index in [1.54, 1.807) is 22.9 Å². The lowest BCUT2D eigenvalue weighted by Crippen LogP contribution is -2.28. The molecule has 0 fully saturated rings. The molecule has 0 aliphatic carbocycles. The highest BCUT2D eigenvalue weighted by Gasteiger charge is 2.27. The maximum atomic E-state index is 11.8. The Kier molecular flexibility index (Phi) is 4.85. The molecule has 134 valence electrons. The van der Waals surface area contributed by atoms with E-state index in [-0.39, 0.29) is 18.8 Å². The van der Waals surface area contributed by atoms with Gasteiger partial charge in [0.25, 0.3) is 10.1 Å². The number of aromatic nitrogens is 2. The highest BCUT2D eigenvalue weighted by molar-refractivity contribution is 9.10. The maximum Gasteiger partial charge on any atom is 0.358 e. The summed E-state index contributed by atoms with van der Waals surface area (Å²) >= 11 is 3.40. The van der Waals surface area contributed by atoms with Crippen molar-refractivity contribution in [1.82, 2.24) is 9.55 Å². The number of fused-ring (bicyclic) bond motifs is 3. The van der Waals surface area contributed by atoms with Gasteiger partial charge in [0.05, 0.1) is 25.5 Å². The first-order valence-electron chi connectivity index (χ1n) is 7.23. The van der Waals surface area contributed by atoms with E-state index in [0.717, 1.165) is 10.7 Å². The van der Waals surface area contributed by atoms with Gasteiger partial charge in [0.2, 0.25) is 0 Å². The van der Waals surface area contributed by atoms with Crippen LogP contribution in [0.3, 0.4) is 0 Å². The lowest BCUT2D eigenvalue weighted by atomic mass is 10.2. The van der Waals surface area contributed by atoms with Crippen LogP contribution in [-0.4, -0.2) is 50.0 Å². The zero-order valence-electron chi connectivity index (χ0n) is 13.4. The highest BCUT2D eigenvalue weighted by atomic mass is 79.9. The van der Waals surface area contributed by atoms with Crippen molar-refractivity contribution in [3.63, 3.8) is 0 Å². The molecule has 1 aromatic carbocycles. The number of rotatable bonds is 4. The minimum absolute atomic E-state index is 0.153. The Hall–Kier alpha value is -1.91. The second-order valence-electron chi connectivity index (χ2n) is 5.46. The Bertz CT molecular complexity index is 924. The lowest BCUT2D eigenvalue weighted by Gasteiger charge is -2.17. The van der Waals surface area contributed by atoms with E-state index in [4.69, 9.17) is 13.7 Å². The third-order valence-corrected chi connectivity index (χ3v) is 4.57. The lowest BCUT2D eigenvalue weighted by molar-refractivity contribution is 0.0594. The van der Waals surface area contributed by atoms with Crippen molar-refractivity contribution in [2.45, 2.75) is 12.6 Å². The molecule has 1 atom stereocenters. The summed E-state index contributed by atoms with van der Waals surface area (Å²) in [4.78, 5) is 16.1. The van der Waals surface area contributed by atoms with Crippen LogP contribution in [0.2, 0.25) is 0 Å². The van der Waals surface area contributed by atoms with Crippen molar-refractivity contribution in [1.29, 1.82) is 0 Å². The fraction of sp³-hybridized carbons (Fsp3) is 0.333. The van der Waals surface area contributed by atoms with Crippen LogP contribution in [-0.2, 0) is 25.6 Å². The minimum atomic E-state index is -3.60. The zero-order valence-corrected chi connectivity index (χ0v) is 15.8. The third-order valence-electron chi connectivity index (χ3n) is 3.52. The van der Waals surface area contributed by atoms with E-state index >= 15 is 0 Å². The van der Waals surface area contributed by atoms with Crippen LogP contribution in [0.5, 0.6) is 5.75 Å². The molecule has 10 heteroatoms. The summed E-state index contributed by atoms with van der Waals surface area (Å²) in [7, 11) is -2.31. The van der Waals surface area contributed by atoms with Crippen molar-refractivity contribution in [2.24, 2.45) is 0 Å². The summed E-state index contributed by atoms with van der Waals surface area (Å²) in [6.45, 7) is 0.112. The average Bonchev–Trinajstić information content (AvgIpc) is 2.90. The molecule has 1 aliphatic rings. The van der Waals surface area contributed by atoms with Gasteiger partial charge in [0, 0.05) is 10.7 Å². The molecule has 0 saturated heterocycles. The number of hydrogen-bond acceptors (Lipinski definition) is 7. The van der Waals surface area contributed by atoms with E-state index < -0.39 is 22.2 Å². The van der Waals surface area contributed by atoms with Crippen molar-refractivity contribution in [3.05, 3.63) is 34.6 Å². The van der Waals surface area contributed by atoms with Gasteiger partial charge < -0.3 is 14.0 Å². The quantitative estimate of drug-likeness (QED) is 0.538. The summed E-state index contributed by atoms with van der Waals surface area (Å²) < 4.78 is 40.5. The third kappa shape index (κ3) is 4.02. The number of halogens is 1. The van der Waals surface area contributed by atoms with E-state index in [2.05, 4.69) is 20.9 Å². The minimum Gasteiger partial charge on any atom is -0.485 e. The molecule has 0 bridgehead atoms. The van der Waals surface area contributed by atoms with Crippen LogP contribution in [0.25, 0.3) is 11.4 Å². The second kappa shape index (κ2) is 6.77. The van der Waals surface area contributed by atoms with E-state index in [0.29, 0.717) is 17.1 Å². The van der Waals surface area contributed by atoms with Gasteiger partial charge in [-0.05, 0) is 18.2 Å². The van der Waals surface area contributed by atoms with Gasteiger partial charge >= 0.3 is 5.97 Å². The van der Waals surface area contributed by atoms with Crippen molar-refractivity contribution >= 4 is 32.0 Å². The molecule has 2 aromatic rings. The van der Waals surface area contributed by atoms with Gasteiger partial charge in [0.1, 0.15) is 24.3 Å². The monoisotopic (exact) mass is 430 g/mol. The predicted molar refractivity (Wildman–Crippen MR) is 91.9 cm³/mol. The number of carbonyl (C=O) groups is 1.